The third-order valence-electron chi connectivity index (χ3n) is 7.53. The van der Waals surface area contributed by atoms with Crippen LogP contribution < -0.4 is 4.74 Å². The summed E-state index contributed by atoms with van der Waals surface area (Å²) in [4.78, 5) is 28.9. The number of carbonyl (C=O) groups excluding carboxylic acids is 2. The number of benzene rings is 2. The largest absolute Gasteiger partial charge is 0.457 e. The zero-order chi connectivity index (χ0) is 34.1. The third-order valence-corrected chi connectivity index (χ3v) is 8.01. The molecule has 5 rings (SSSR count). The van der Waals surface area contributed by atoms with Crippen molar-refractivity contribution in [2.75, 3.05) is 13.2 Å². The highest BCUT2D eigenvalue weighted by Crippen LogP contribution is 2.60. The lowest BCUT2D eigenvalue weighted by Gasteiger charge is -2.24. The molecule has 1 aliphatic carbocycles. The normalized spacial score (nSPS) is 18.0. The maximum Gasteiger partial charge on any atom is 0.333 e. The summed E-state index contributed by atoms with van der Waals surface area (Å²) in [5, 5.41) is 9.87. The molecule has 1 aromatic heterocycles. The molecular weight excluding hydrogens is 675 g/mol. The summed E-state index contributed by atoms with van der Waals surface area (Å²) in [7, 11) is 0. The van der Waals surface area contributed by atoms with E-state index in [0.717, 1.165) is 5.56 Å². The number of nitriles is 1. The summed E-state index contributed by atoms with van der Waals surface area (Å²) in [5.74, 6) is -0.221. The minimum Gasteiger partial charge on any atom is -0.457 e. The lowest BCUT2D eigenvalue weighted by Crippen LogP contribution is -2.28. The number of pyridine rings is 1. The minimum absolute atomic E-state index is 0.0204. The van der Waals surface area contributed by atoms with E-state index in [4.69, 9.17) is 49.0 Å². The number of para-hydroxylation sites is 1. The van der Waals surface area contributed by atoms with Crippen LogP contribution in [0, 0.1) is 28.6 Å². The molecule has 0 spiro atoms. The summed E-state index contributed by atoms with van der Waals surface area (Å²) in [6, 6.07) is 21.6. The first-order valence-corrected chi connectivity index (χ1v) is 15.5. The fraction of sp³-hybridized carbons (Fsp3) is 0.294. The second-order valence-corrected chi connectivity index (χ2v) is 12.6. The number of nitrogens with zero attached hydrogens (tertiary/aromatic N) is 3. The first kappa shape index (κ1) is 35.7. The Balaban J connectivity index is 0.000000229. The number of carbonyl (C=O) groups is 2. The van der Waals surface area contributed by atoms with Gasteiger partial charge in [0.05, 0.1) is 18.2 Å². The van der Waals surface area contributed by atoms with Gasteiger partial charge in [-0.3, -0.25) is 4.79 Å². The van der Waals surface area contributed by atoms with Crippen LogP contribution in [0.25, 0.3) is 0 Å². The molecule has 1 saturated carbocycles. The van der Waals surface area contributed by atoms with E-state index < -0.39 is 31.0 Å². The quantitative estimate of drug-likeness (QED) is 0.145. The monoisotopic (exact) mass is 703 g/mol. The number of esters is 2. The van der Waals surface area contributed by atoms with Crippen LogP contribution in [0.4, 0.5) is 8.78 Å². The molecule has 3 atom stereocenters. The first-order valence-electron chi connectivity index (χ1n) is 14.3. The van der Waals surface area contributed by atoms with Gasteiger partial charge < -0.3 is 19.1 Å². The molecule has 0 radical (unpaired) electrons. The van der Waals surface area contributed by atoms with Crippen molar-refractivity contribution >= 4 is 46.7 Å². The predicted molar refractivity (Wildman–Crippen MR) is 173 cm³/mol. The van der Waals surface area contributed by atoms with Crippen molar-refractivity contribution in [3.05, 3.63) is 112 Å². The summed E-state index contributed by atoms with van der Waals surface area (Å²) in [6.07, 6.45) is 0.853. The van der Waals surface area contributed by atoms with Crippen LogP contribution in [-0.4, -0.2) is 41.4 Å². The zero-order valence-corrected chi connectivity index (χ0v) is 27.6. The van der Waals surface area contributed by atoms with Gasteiger partial charge in [-0.15, -0.1) is 0 Å². The lowest BCUT2D eigenvalue weighted by atomic mass is 10.1. The van der Waals surface area contributed by atoms with E-state index in [0.29, 0.717) is 27.9 Å². The highest BCUT2D eigenvalue weighted by Gasteiger charge is 2.62. The Morgan fingerprint density at radius 2 is 1.87 bits per heavy atom. The minimum atomic E-state index is -2.50. The van der Waals surface area contributed by atoms with Gasteiger partial charge in [-0.05, 0) is 53.3 Å². The number of alkyl halides is 2. The molecule has 3 aromatic rings. The predicted octanol–water partition coefficient (Wildman–Crippen LogP) is 8.42. The fourth-order valence-electron chi connectivity index (χ4n) is 5.02. The van der Waals surface area contributed by atoms with E-state index in [1.165, 1.54) is 17.2 Å². The third kappa shape index (κ3) is 10.2. The average Bonchev–Trinajstić information content (AvgIpc) is 3.30. The number of aromatic nitrogens is 1. The molecule has 0 N–H and O–H groups in total. The molecule has 0 bridgehead atoms. The topological polar surface area (TPSA) is 102 Å². The molecule has 1 fully saturated rings. The lowest BCUT2D eigenvalue weighted by molar-refractivity contribution is -0.149. The maximum atomic E-state index is 12.6. The van der Waals surface area contributed by atoms with Gasteiger partial charge in [-0.1, -0.05) is 85.0 Å². The molecule has 2 aliphatic rings. The van der Waals surface area contributed by atoms with Crippen LogP contribution in [0.3, 0.4) is 0 Å². The molecule has 246 valence electrons. The zero-order valence-electron chi connectivity index (χ0n) is 25.3. The Morgan fingerprint density at radius 3 is 2.47 bits per heavy atom. The summed E-state index contributed by atoms with van der Waals surface area (Å²) in [6.45, 7) is 3.65. The summed E-state index contributed by atoms with van der Waals surface area (Å²) in [5.41, 5.74) is 1.40. The maximum absolute atomic E-state index is 12.6. The molecule has 0 saturated heterocycles. The number of cyclic esters (lactones) is 1. The molecule has 47 heavy (non-hydrogen) atoms. The first-order chi connectivity index (χ1) is 22.4. The van der Waals surface area contributed by atoms with Crippen molar-refractivity contribution in [3.8, 4) is 17.6 Å². The molecular formula is C34H30Cl3F2N3O5. The second kappa shape index (κ2) is 16.1. The van der Waals surface area contributed by atoms with Crippen molar-refractivity contribution in [1.29, 1.82) is 5.26 Å². The Bertz CT molecular complexity index is 1660. The molecule has 2 heterocycles. The van der Waals surface area contributed by atoms with Crippen LogP contribution in [0.1, 0.15) is 31.1 Å². The van der Waals surface area contributed by atoms with Gasteiger partial charge in [-0.25, -0.2) is 18.6 Å². The van der Waals surface area contributed by atoms with E-state index in [2.05, 4.69) is 4.98 Å². The number of ether oxygens (including phenoxy) is 3. The van der Waals surface area contributed by atoms with Gasteiger partial charge in [0.15, 0.2) is 0 Å². The van der Waals surface area contributed by atoms with Crippen molar-refractivity contribution in [2.45, 2.75) is 32.9 Å². The Hall–Kier alpha value is -4.17. The van der Waals surface area contributed by atoms with Gasteiger partial charge in [-0.2, -0.15) is 5.26 Å². The molecule has 8 nitrogen and oxygen atoms in total. The number of hydrogen-bond acceptors (Lipinski definition) is 8. The molecule has 3 unspecified atom stereocenters. The van der Waals surface area contributed by atoms with Gasteiger partial charge >= 0.3 is 11.9 Å². The molecule has 0 amide bonds. The van der Waals surface area contributed by atoms with E-state index in [1.807, 2.05) is 50.2 Å². The van der Waals surface area contributed by atoms with Gasteiger partial charge in [0.2, 0.25) is 6.10 Å². The average molecular weight is 705 g/mol. The van der Waals surface area contributed by atoms with Crippen LogP contribution >= 0.6 is 34.8 Å². The van der Waals surface area contributed by atoms with Crippen LogP contribution in [0.2, 0.25) is 5.15 Å². The highest BCUT2D eigenvalue weighted by atomic mass is 35.5. The van der Waals surface area contributed by atoms with Gasteiger partial charge in [0.1, 0.15) is 33.8 Å². The van der Waals surface area contributed by atoms with Gasteiger partial charge in [0.25, 0.3) is 6.43 Å². The molecule has 13 heteroatoms. The number of hydrogen-bond donors (Lipinski definition) is 0. The van der Waals surface area contributed by atoms with Crippen LogP contribution in [0.5, 0.6) is 11.5 Å². The highest BCUT2D eigenvalue weighted by molar-refractivity contribution is 6.55. The van der Waals surface area contributed by atoms with Crippen molar-refractivity contribution in [1.82, 2.24) is 9.88 Å². The van der Waals surface area contributed by atoms with E-state index in [-0.39, 0.29) is 34.9 Å². The Kier molecular flexibility index (Phi) is 12.2. The standard InChI is InChI=1S/C22H19Cl2NO3.C12H11ClF2N2O2/c1-22(2)17(12-19(23)24)20(22)21(26)28-18(13-25)14-7-6-10-16(11-14)27-15-8-4-3-5-9-15;13-10-2-1-8(4-16-10)5-17(6-11(14)15)9-3-12(18)19-7-9/h3-12,17-18,20H,1-2H3;1-4,11H,5-7H2. The van der Waals surface area contributed by atoms with E-state index >= 15 is 0 Å². The fourth-order valence-corrected chi connectivity index (χ4v) is 5.40. The van der Waals surface area contributed by atoms with Crippen molar-refractivity contribution < 1.29 is 32.6 Å². The number of rotatable bonds is 11. The molecule has 2 aromatic carbocycles. The van der Waals surface area contributed by atoms with E-state index in [1.54, 1.807) is 42.5 Å². The SMILES string of the molecule is CC1(C)C(C=C(Cl)Cl)C1C(=O)OC(C#N)c1cccc(Oc2ccccc2)c1.O=C1C=C(N(Cc2ccc(Cl)nc2)CC(F)F)CO1. The number of halogens is 5. The van der Waals surface area contributed by atoms with Crippen molar-refractivity contribution in [3.63, 3.8) is 0 Å². The smallest absolute Gasteiger partial charge is 0.333 e. The Morgan fingerprint density at radius 1 is 1.15 bits per heavy atom. The summed E-state index contributed by atoms with van der Waals surface area (Å²) >= 11 is 17.1. The number of allylic oxidation sites excluding steroid dienone is 1. The van der Waals surface area contributed by atoms with Gasteiger partial charge in [0, 0.05) is 24.4 Å². The van der Waals surface area contributed by atoms with Crippen LogP contribution in [-0.2, 0) is 25.6 Å². The second-order valence-electron chi connectivity index (χ2n) is 11.2. The van der Waals surface area contributed by atoms with Crippen LogP contribution in [0.15, 0.2) is 95.3 Å². The molecule has 1 aliphatic heterocycles. The van der Waals surface area contributed by atoms with E-state index in [9.17, 15) is 23.6 Å². The van der Waals surface area contributed by atoms with Crippen molar-refractivity contribution in [2.24, 2.45) is 17.3 Å². The summed E-state index contributed by atoms with van der Waals surface area (Å²) < 4.78 is 41.3. The Labute approximate surface area is 286 Å².